The molecule has 2 aliphatic heterocycles. The normalized spacial score (nSPS) is 23.3. The maximum atomic E-state index is 6.17. The van der Waals surface area contributed by atoms with Crippen LogP contribution in [-0.4, -0.2) is 35.7 Å². The first kappa shape index (κ1) is 14.6. The Morgan fingerprint density at radius 3 is 2.86 bits per heavy atom. The highest BCUT2D eigenvalue weighted by atomic mass is 35.5. The molecule has 0 fully saturated rings. The minimum absolute atomic E-state index is 0.772. The summed E-state index contributed by atoms with van der Waals surface area (Å²) in [7, 11) is 0. The standard InChI is InChI=1S/C17H22ClN2O/c1-3-19(4-2)13-20-9-5-6-16(20)12-21-17-8-7-15(18)10-14(17)11-20/h5-8,10,12H,3-4,9,11,13H2,1-2H3/q+1. The minimum atomic E-state index is 0.772. The third kappa shape index (κ3) is 2.73. The van der Waals surface area contributed by atoms with Crippen LogP contribution in [0.2, 0.25) is 5.02 Å². The average Bonchev–Trinajstić information content (AvgIpc) is 2.80. The van der Waals surface area contributed by atoms with Gasteiger partial charge < -0.3 is 4.74 Å². The third-order valence-corrected chi connectivity index (χ3v) is 4.69. The quantitative estimate of drug-likeness (QED) is 0.785. The molecular weight excluding hydrogens is 284 g/mol. The van der Waals surface area contributed by atoms with E-state index in [-0.39, 0.29) is 0 Å². The van der Waals surface area contributed by atoms with Crippen molar-refractivity contribution in [2.75, 3.05) is 26.3 Å². The van der Waals surface area contributed by atoms with Gasteiger partial charge in [-0.15, -0.1) is 0 Å². The maximum absolute atomic E-state index is 6.17. The summed E-state index contributed by atoms with van der Waals surface area (Å²) in [4.78, 5) is 2.47. The zero-order valence-electron chi connectivity index (χ0n) is 12.7. The fourth-order valence-electron chi connectivity index (χ4n) is 3.18. The number of fused-ring (bicyclic) bond motifs is 2. The fraction of sp³-hybridized carbons (Fsp3) is 0.412. The first-order chi connectivity index (χ1) is 10.2. The zero-order chi connectivity index (χ0) is 14.9. The van der Waals surface area contributed by atoms with Crippen molar-refractivity contribution >= 4 is 11.6 Å². The molecule has 2 aliphatic rings. The van der Waals surface area contributed by atoms with Crippen molar-refractivity contribution in [2.45, 2.75) is 20.4 Å². The number of rotatable bonds is 4. The molecule has 0 aliphatic carbocycles. The molecule has 0 bridgehead atoms. The van der Waals surface area contributed by atoms with Gasteiger partial charge in [0.2, 0.25) is 0 Å². The van der Waals surface area contributed by atoms with Crippen LogP contribution in [0.3, 0.4) is 0 Å². The summed E-state index contributed by atoms with van der Waals surface area (Å²) in [6, 6.07) is 5.89. The molecule has 112 valence electrons. The van der Waals surface area contributed by atoms with Crippen molar-refractivity contribution < 1.29 is 9.22 Å². The van der Waals surface area contributed by atoms with Gasteiger partial charge in [0, 0.05) is 24.2 Å². The molecule has 0 radical (unpaired) electrons. The van der Waals surface area contributed by atoms with Crippen molar-refractivity contribution in [1.29, 1.82) is 0 Å². The maximum Gasteiger partial charge on any atom is 0.169 e. The first-order valence-corrected chi connectivity index (χ1v) is 7.95. The van der Waals surface area contributed by atoms with Crippen LogP contribution in [0.5, 0.6) is 5.75 Å². The van der Waals surface area contributed by atoms with Gasteiger partial charge in [0.15, 0.2) is 12.0 Å². The van der Waals surface area contributed by atoms with Gasteiger partial charge >= 0.3 is 0 Å². The summed E-state index contributed by atoms with van der Waals surface area (Å²) in [5, 5.41) is 0.772. The van der Waals surface area contributed by atoms with Gasteiger partial charge in [-0.05, 0) is 24.3 Å². The highest BCUT2D eigenvalue weighted by molar-refractivity contribution is 6.30. The fourth-order valence-corrected chi connectivity index (χ4v) is 3.37. The molecule has 0 saturated heterocycles. The molecule has 0 amide bonds. The van der Waals surface area contributed by atoms with E-state index in [0.717, 1.165) is 48.1 Å². The van der Waals surface area contributed by atoms with Gasteiger partial charge in [-0.2, -0.15) is 0 Å². The topological polar surface area (TPSA) is 12.5 Å². The summed E-state index contributed by atoms with van der Waals surface area (Å²) in [6.07, 6.45) is 6.35. The Bertz CT molecular complexity index is 592. The Kier molecular flexibility index (Phi) is 4.07. The number of benzene rings is 1. The predicted octanol–water partition coefficient (Wildman–Crippen LogP) is 3.76. The Labute approximate surface area is 131 Å². The highest BCUT2D eigenvalue weighted by Gasteiger charge is 2.38. The molecule has 2 heterocycles. The number of allylic oxidation sites excluding steroid dienone is 1. The van der Waals surface area contributed by atoms with E-state index in [1.807, 2.05) is 24.5 Å². The number of quaternary nitrogens is 1. The van der Waals surface area contributed by atoms with E-state index in [2.05, 4.69) is 30.9 Å². The number of hydrogen-bond acceptors (Lipinski definition) is 2. The molecule has 1 aromatic rings. The lowest BCUT2D eigenvalue weighted by Crippen LogP contribution is -2.50. The molecular formula is C17H22ClN2O+. The van der Waals surface area contributed by atoms with Crippen LogP contribution in [0.4, 0.5) is 0 Å². The SMILES string of the molecule is CCN(CC)C[N+]12CC=CC1=COc1ccc(Cl)cc1C2. The van der Waals surface area contributed by atoms with Crippen molar-refractivity contribution in [3.05, 3.63) is 52.9 Å². The molecule has 0 N–H and O–H groups in total. The van der Waals surface area contributed by atoms with Gasteiger partial charge in [-0.3, -0.25) is 9.38 Å². The number of halogens is 1. The summed E-state index contributed by atoms with van der Waals surface area (Å²) < 4.78 is 6.78. The summed E-state index contributed by atoms with van der Waals surface area (Å²) in [5.41, 5.74) is 2.43. The average molecular weight is 306 g/mol. The van der Waals surface area contributed by atoms with E-state index >= 15 is 0 Å². The second kappa shape index (κ2) is 5.84. The van der Waals surface area contributed by atoms with Gasteiger partial charge in [0.25, 0.3) is 0 Å². The predicted molar refractivity (Wildman–Crippen MR) is 85.9 cm³/mol. The van der Waals surface area contributed by atoms with Crippen LogP contribution < -0.4 is 4.74 Å². The summed E-state index contributed by atoms with van der Waals surface area (Å²) in [6.45, 7) is 9.49. The minimum Gasteiger partial charge on any atom is -0.458 e. The summed E-state index contributed by atoms with van der Waals surface area (Å²) in [5.74, 6) is 0.923. The third-order valence-electron chi connectivity index (χ3n) is 4.46. The van der Waals surface area contributed by atoms with Crippen molar-refractivity contribution in [2.24, 2.45) is 0 Å². The number of nitrogens with zero attached hydrogens (tertiary/aromatic N) is 2. The molecule has 0 aromatic heterocycles. The number of hydrogen-bond donors (Lipinski definition) is 0. The van der Waals surface area contributed by atoms with Crippen LogP contribution in [0.1, 0.15) is 19.4 Å². The summed E-state index contributed by atoms with van der Waals surface area (Å²) >= 11 is 6.17. The lowest BCUT2D eigenvalue weighted by atomic mass is 10.1. The van der Waals surface area contributed by atoms with E-state index < -0.39 is 0 Å². The van der Waals surface area contributed by atoms with Crippen LogP contribution in [-0.2, 0) is 6.54 Å². The van der Waals surface area contributed by atoms with Crippen molar-refractivity contribution in [1.82, 2.24) is 4.90 Å². The molecule has 0 saturated carbocycles. The van der Waals surface area contributed by atoms with Crippen LogP contribution in [0.25, 0.3) is 0 Å². The van der Waals surface area contributed by atoms with Crippen LogP contribution in [0, 0.1) is 0 Å². The van der Waals surface area contributed by atoms with E-state index in [1.54, 1.807) is 0 Å². The molecule has 0 spiro atoms. The van der Waals surface area contributed by atoms with Crippen molar-refractivity contribution in [3.63, 3.8) is 0 Å². The Morgan fingerprint density at radius 1 is 1.29 bits per heavy atom. The number of ether oxygens (including phenoxy) is 1. The van der Waals surface area contributed by atoms with Crippen LogP contribution >= 0.6 is 11.6 Å². The zero-order valence-corrected chi connectivity index (χ0v) is 13.4. The van der Waals surface area contributed by atoms with E-state index in [9.17, 15) is 0 Å². The van der Waals surface area contributed by atoms with Crippen molar-refractivity contribution in [3.8, 4) is 5.75 Å². The van der Waals surface area contributed by atoms with Gasteiger partial charge in [0.1, 0.15) is 25.5 Å². The van der Waals surface area contributed by atoms with E-state index in [4.69, 9.17) is 16.3 Å². The van der Waals surface area contributed by atoms with Gasteiger partial charge in [0.05, 0.1) is 5.56 Å². The molecule has 3 rings (SSSR count). The monoisotopic (exact) mass is 305 g/mol. The first-order valence-electron chi connectivity index (χ1n) is 7.57. The van der Waals surface area contributed by atoms with E-state index in [1.165, 1.54) is 11.3 Å². The second-order valence-electron chi connectivity index (χ2n) is 5.75. The molecule has 21 heavy (non-hydrogen) atoms. The Hall–Kier alpha value is -1.29. The van der Waals surface area contributed by atoms with Gasteiger partial charge in [-0.25, -0.2) is 0 Å². The molecule has 1 atom stereocenters. The largest absolute Gasteiger partial charge is 0.458 e. The highest BCUT2D eigenvalue weighted by Crippen LogP contribution is 2.36. The molecule has 3 nitrogen and oxygen atoms in total. The molecule has 1 aromatic carbocycles. The lowest BCUT2D eigenvalue weighted by Gasteiger charge is -2.37. The van der Waals surface area contributed by atoms with Crippen LogP contribution in [0.15, 0.2) is 42.3 Å². The lowest BCUT2D eigenvalue weighted by molar-refractivity contribution is -0.903. The second-order valence-corrected chi connectivity index (χ2v) is 6.18. The van der Waals surface area contributed by atoms with E-state index in [0.29, 0.717) is 0 Å². The Morgan fingerprint density at radius 2 is 2.10 bits per heavy atom. The molecule has 4 heteroatoms. The Balaban J connectivity index is 1.97. The smallest absolute Gasteiger partial charge is 0.169 e. The van der Waals surface area contributed by atoms with Gasteiger partial charge in [-0.1, -0.05) is 25.4 Å². The molecule has 1 unspecified atom stereocenters.